The van der Waals surface area contributed by atoms with Crippen molar-refractivity contribution in [2.75, 3.05) is 6.54 Å². The number of allylic oxidation sites excluding steroid dienone is 1. The molecule has 0 radical (unpaired) electrons. The number of benzene rings is 1. The molecule has 1 unspecified atom stereocenters. The fourth-order valence-corrected chi connectivity index (χ4v) is 2.90. The van der Waals surface area contributed by atoms with Crippen LogP contribution in [0, 0.1) is 0 Å². The first-order chi connectivity index (χ1) is 9.83. The van der Waals surface area contributed by atoms with E-state index >= 15 is 0 Å². The summed E-state index contributed by atoms with van der Waals surface area (Å²) in [5.74, 6) is 1.03. The van der Waals surface area contributed by atoms with Crippen LogP contribution in [-0.2, 0) is 0 Å². The van der Waals surface area contributed by atoms with E-state index in [2.05, 4.69) is 36.5 Å². The summed E-state index contributed by atoms with van der Waals surface area (Å²) < 4.78 is 5.90. The fourth-order valence-electron chi connectivity index (χ4n) is 2.90. The first-order valence-electron chi connectivity index (χ1n) is 7.73. The van der Waals surface area contributed by atoms with Crippen molar-refractivity contribution < 1.29 is 4.42 Å². The molecule has 0 fully saturated rings. The van der Waals surface area contributed by atoms with Crippen molar-refractivity contribution in [2.24, 2.45) is 0 Å². The molecule has 0 saturated carbocycles. The minimum atomic E-state index is 0.270. The summed E-state index contributed by atoms with van der Waals surface area (Å²) in [4.78, 5) is 0. The van der Waals surface area contributed by atoms with Crippen LogP contribution < -0.4 is 5.32 Å². The Balaban J connectivity index is 1.55. The normalized spacial score (nSPS) is 17.1. The van der Waals surface area contributed by atoms with Crippen molar-refractivity contribution in [1.82, 2.24) is 5.32 Å². The third-order valence-corrected chi connectivity index (χ3v) is 4.15. The van der Waals surface area contributed by atoms with Gasteiger partial charge in [0, 0.05) is 5.39 Å². The third kappa shape index (κ3) is 3.13. The van der Waals surface area contributed by atoms with Crippen LogP contribution in [0.4, 0.5) is 0 Å². The van der Waals surface area contributed by atoms with Crippen molar-refractivity contribution in [3.05, 3.63) is 47.7 Å². The lowest BCUT2D eigenvalue weighted by atomic mass is 9.97. The second-order valence-electron chi connectivity index (χ2n) is 5.72. The molecule has 1 atom stereocenters. The molecule has 20 heavy (non-hydrogen) atoms. The molecule has 106 valence electrons. The van der Waals surface area contributed by atoms with Gasteiger partial charge in [0.05, 0.1) is 6.04 Å². The van der Waals surface area contributed by atoms with Gasteiger partial charge in [-0.1, -0.05) is 29.8 Å². The quantitative estimate of drug-likeness (QED) is 0.775. The molecule has 0 spiro atoms. The second-order valence-corrected chi connectivity index (χ2v) is 5.72. The molecule has 1 aromatic heterocycles. The molecule has 0 bridgehead atoms. The largest absolute Gasteiger partial charge is 0.459 e. The highest BCUT2D eigenvalue weighted by atomic mass is 16.3. The van der Waals surface area contributed by atoms with E-state index in [9.17, 15) is 0 Å². The van der Waals surface area contributed by atoms with Gasteiger partial charge in [-0.25, -0.2) is 0 Å². The van der Waals surface area contributed by atoms with Crippen LogP contribution in [0.15, 0.2) is 46.4 Å². The van der Waals surface area contributed by atoms with Gasteiger partial charge in [0.15, 0.2) is 0 Å². The molecule has 2 nitrogen and oxygen atoms in total. The number of para-hydroxylation sites is 1. The van der Waals surface area contributed by atoms with Crippen LogP contribution in [-0.4, -0.2) is 6.54 Å². The lowest BCUT2D eigenvalue weighted by molar-refractivity contribution is 0.451. The van der Waals surface area contributed by atoms with Crippen LogP contribution in [0.5, 0.6) is 0 Å². The Bertz CT molecular complexity index is 563. The van der Waals surface area contributed by atoms with E-state index in [-0.39, 0.29) is 6.04 Å². The average Bonchev–Trinajstić information content (AvgIpc) is 2.92. The summed E-state index contributed by atoms with van der Waals surface area (Å²) in [6.45, 7) is 3.21. The molecule has 1 aliphatic carbocycles. The van der Waals surface area contributed by atoms with Gasteiger partial charge in [0.25, 0.3) is 0 Å². The Labute approximate surface area is 120 Å². The highest BCUT2D eigenvalue weighted by Crippen LogP contribution is 2.24. The summed E-state index contributed by atoms with van der Waals surface area (Å²) in [6, 6.07) is 10.6. The smallest absolute Gasteiger partial charge is 0.134 e. The van der Waals surface area contributed by atoms with E-state index in [0.717, 1.165) is 17.9 Å². The van der Waals surface area contributed by atoms with Gasteiger partial charge in [-0.2, -0.15) is 0 Å². The Morgan fingerprint density at radius 1 is 1.25 bits per heavy atom. The molecular formula is C18H23NO. The molecule has 1 aromatic carbocycles. The number of hydrogen-bond donors (Lipinski definition) is 1. The Hall–Kier alpha value is -1.54. The van der Waals surface area contributed by atoms with Crippen LogP contribution in [0.25, 0.3) is 11.0 Å². The predicted molar refractivity (Wildman–Crippen MR) is 83.8 cm³/mol. The summed E-state index contributed by atoms with van der Waals surface area (Å²) in [5, 5.41) is 4.76. The SMILES string of the molecule is CC(NCCC1=CCCCC1)c1cc2ccccc2o1. The van der Waals surface area contributed by atoms with Gasteiger partial charge >= 0.3 is 0 Å². The summed E-state index contributed by atoms with van der Waals surface area (Å²) in [5.41, 5.74) is 2.60. The van der Waals surface area contributed by atoms with Crippen LogP contribution in [0.3, 0.4) is 0 Å². The number of nitrogens with one attached hydrogen (secondary N) is 1. The van der Waals surface area contributed by atoms with Crippen molar-refractivity contribution >= 4 is 11.0 Å². The molecule has 2 heteroatoms. The number of fused-ring (bicyclic) bond motifs is 1. The first kappa shape index (κ1) is 13.4. The average molecular weight is 269 g/mol. The van der Waals surface area contributed by atoms with Crippen molar-refractivity contribution in [1.29, 1.82) is 0 Å². The second kappa shape index (κ2) is 6.27. The fraction of sp³-hybridized carbons (Fsp3) is 0.444. The molecule has 0 saturated heterocycles. The van der Waals surface area contributed by atoms with Gasteiger partial charge in [0.2, 0.25) is 0 Å². The van der Waals surface area contributed by atoms with Crippen molar-refractivity contribution in [2.45, 2.75) is 45.1 Å². The third-order valence-electron chi connectivity index (χ3n) is 4.15. The van der Waals surface area contributed by atoms with Gasteiger partial charge < -0.3 is 9.73 Å². The Morgan fingerprint density at radius 2 is 2.15 bits per heavy atom. The van der Waals surface area contributed by atoms with Crippen LogP contribution >= 0.6 is 0 Å². The van der Waals surface area contributed by atoms with Crippen LogP contribution in [0.1, 0.15) is 50.8 Å². The zero-order valence-electron chi connectivity index (χ0n) is 12.2. The molecule has 1 heterocycles. The molecule has 1 aliphatic rings. The molecule has 2 aromatic rings. The van der Waals surface area contributed by atoms with Crippen LogP contribution in [0.2, 0.25) is 0 Å². The van der Waals surface area contributed by atoms with E-state index < -0.39 is 0 Å². The van der Waals surface area contributed by atoms with Gasteiger partial charge in [0.1, 0.15) is 11.3 Å². The van der Waals surface area contributed by atoms with Gasteiger partial charge in [-0.05, 0) is 57.7 Å². The standard InChI is InChI=1S/C18H23NO/c1-14(19-12-11-15-7-3-2-4-8-15)18-13-16-9-5-6-10-17(16)20-18/h5-7,9-10,13-14,19H,2-4,8,11-12H2,1H3. The van der Waals surface area contributed by atoms with E-state index in [1.165, 1.54) is 37.5 Å². The Morgan fingerprint density at radius 3 is 2.95 bits per heavy atom. The van der Waals surface area contributed by atoms with Gasteiger partial charge in [-0.3, -0.25) is 0 Å². The maximum atomic E-state index is 5.90. The molecular weight excluding hydrogens is 246 g/mol. The van der Waals surface area contributed by atoms with Crippen molar-refractivity contribution in [3.63, 3.8) is 0 Å². The molecule has 1 N–H and O–H groups in total. The minimum absolute atomic E-state index is 0.270. The monoisotopic (exact) mass is 269 g/mol. The molecule has 3 rings (SSSR count). The summed E-state index contributed by atoms with van der Waals surface area (Å²) >= 11 is 0. The molecule has 0 amide bonds. The summed E-state index contributed by atoms with van der Waals surface area (Å²) in [6.07, 6.45) is 8.90. The highest BCUT2D eigenvalue weighted by Gasteiger charge is 2.11. The topological polar surface area (TPSA) is 25.2 Å². The maximum absolute atomic E-state index is 5.90. The zero-order valence-corrected chi connectivity index (χ0v) is 12.2. The first-order valence-corrected chi connectivity index (χ1v) is 7.73. The lowest BCUT2D eigenvalue weighted by Gasteiger charge is -2.15. The number of hydrogen-bond acceptors (Lipinski definition) is 2. The number of furan rings is 1. The maximum Gasteiger partial charge on any atom is 0.134 e. The zero-order chi connectivity index (χ0) is 13.8. The lowest BCUT2D eigenvalue weighted by Crippen LogP contribution is -2.20. The highest BCUT2D eigenvalue weighted by molar-refractivity contribution is 5.77. The van der Waals surface area contributed by atoms with E-state index in [1.807, 2.05) is 12.1 Å². The predicted octanol–water partition coefficient (Wildman–Crippen LogP) is 4.97. The Kier molecular flexibility index (Phi) is 4.22. The van der Waals surface area contributed by atoms with E-state index in [4.69, 9.17) is 4.42 Å². The minimum Gasteiger partial charge on any atom is -0.459 e. The molecule has 0 aliphatic heterocycles. The van der Waals surface area contributed by atoms with E-state index in [0.29, 0.717) is 0 Å². The van der Waals surface area contributed by atoms with E-state index in [1.54, 1.807) is 5.57 Å². The van der Waals surface area contributed by atoms with Crippen molar-refractivity contribution in [3.8, 4) is 0 Å². The summed E-state index contributed by atoms with van der Waals surface area (Å²) in [7, 11) is 0. The number of rotatable bonds is 5. The van der Waals surface area contributed by atoms with Gasteiger partial charge in [-0.15, -0.1) is 0 Å².